The molecule has 2 aromatic heterocycles. The Morgan fingerprint density at radius 2 is 2.00 bits per heavy atom. The van der Waals surface area contributed by atoms with Crippen molar-refractivity contribution >= 4 is 23.1 Å². The fourth-order valence-corrected chi connectivity index (χ4v) is 5.72. The maximum Gasteiger partial charge on any atom is 0.416 e. The molecule has 154 valence electrons. The Labute approximate surface area is 176 Å². The average Bonchev–Trinajstić information content (AvgIpc) is 3.30. The molecule has 1 aliphatic carbocycles. The number of halogens is 3. The van der Waals surface area contributed by atoms with Gasteiger partial charge in [0.05, 0.1) is 5.56 Å². The highest BCUT2D eigenvalue weighted by molar-refractivity contribution is 7.98. The van der Waals surface area contributed by atoms with Gasteiger partial charge in [-0.1, -0.05) is 36.9 Å². The van der Waals surface area contributed by atoms with Gasteiger partial charge in [0.2, 0.25) is 0 Å². The topological polar surface area (TPSA) is 30.7 Å². The van der Waals surface area contributed by atoms with Crippen molar-refractivity contribution in [2.45, 2.75) is 62.7 Å². The van der Waals surface area contributed by atoms with Gasteiger partial charge in [0.15, 0.2) is 11.0 Å². The monoisotopic (exact) mass is 437 g/mol. The van der Waals surface area contributed by atoms with Crippen LogP contribution >= 0.6 is 23.1 Å². The maximum absolute atomic E-state index is 13.0. The molecular formula is C21H22F3N3S2. The van der Waals surface area contributed by atoms with Gasteiger partial charge in [0.25, 0.3) is 0 Å². The molecule has 1 aliphatic rings. The Morgan fingerprint density at radius 3 is 2.79 bits per heavy atom. The summed E-state index contributed by atoms with van der Waals surface area (Å²) in [5.41, 5.74) is 2.60. The first-order valence-corrected chi connectivity index (χ1v) is 11.7. The van der Waals surface area contributed by atoms with Gasteiger partial charge >= 0.3 is 6.18 Å². The molecule has 8 heteroatoms. The van der Waals surface area contributed by atoms with Crippen LogP contribution in [0.4, 0.5) is 13.2 Å². The molecule has 2 heterocycles. The third-order valence-corrected chi connectivity index (χ3v) is 7.22. The quantitative estimate of drug-likeness (QED) is 0.407. The number of aryl methyl sites for hydroxylation is 1. The number of alkyl halides is 3. The predicted molar refractivity (Wildman–Crippen MR) is 111 cm³/mol. The third kappa shape index (κ3) is 4.38. The summed E-state index contributed by atoms with van der Waals surface area (Å²) in [5.74, 6) is 1.31. The maximum atomic E-state index is 13.0. The molecule has 0 bridgehead atoms. The lowest BCUT2D eigenvalue weighted by molar-refractivity contribution is -0.137. The lowest BCUT2D eigenvalue weighted by Crippen LogP contribution is -2.05. The second-order valence-electron chi connectivity index (χ2n) is 7.20. The Balaban J connectivity index is 1.58. The van der Waals surface area contributed by atoms with E-state index in [1.54, 1.807) is 17.4 Å². The SMILES string of the molecule is CCCn1c(SCc2cccc(C(F)(F)F)c2)nnc1-c1csc2c1CCCC2. The first-order valence-electron chi connectivity index (χ1n) is 9.79. The van der Waals surface area contributed by atoms with Crippen LogP contribution in [0.5, 0.6) is 0 Å². The summed E-state index contributed by atoms with van der Waals surface area (Å²) >= 11 is 3.24. The second-order valence-corrected chi connectivity index (χ2v) is 9.11. The van der Waals surface area contributed by atoms with Crippen LogP contribution in [0.3, 0.4) is 0 Å². The number of thioether (sulfide) groups is 1. The molecule has 0 radical (unpaired) electrons. The Bertz CT molecular complexity index is 991. The predicted octanol–water partition coefficient (Wildman–Crippen LogP) is 6.61. The number of hydrogen-bond donors (Lipinski definition) is 0. The summed E-state index contributed by atoms with van der Waals surface area (Å²) in [6.07, 6.45) is 1.28. The molecule has 1 aromatic carbocycles. The molecule has 0 saturated heterocycles. The van der Waals surface area contributed by atoms with E-state index in [4.69, 9.17) is 0 Å². The van der Waals surface area contributed by atoms with Gasteiger partial charge < -0.3 is 4.57 Å². The van der Waals surface area contributed by atoms with Crippen molar-refractivity contribution < 1.29 is 13.2 Å². The summed E-state index contributed by atoms with van der Waals surface area (Å²) < 4.78 is 41.0. The van der Waals surface area contributed by atoms with Crippen molar-refractivity contribution in [3.63, 3.8) is 0 Å². The van der Waals surface area contributed by atoms with E-state index in [0.717, 1.165) is 42.9 Å². The average molecular weight is 438 g/mol. The minimum absolute atomic E-state index is 0.424. The fourth-order valence-electron chi connectivity index (χ4n) is 3.69. The molecule has 4 rings (SSSR count). The van der Waals surface area contributed by atoms with E-state index < -0.39 is 11.7 Å². The minimum Gasteiger partial charge on any atom is -0.302 e. The highest BCUT2D eigenvalue weighted by atomic mass is 32.2. The van der Waals surface area contributed by atoms with E-state index in [1.807, 2.05) is 0 Å². The summed E-state index contributed by atoms with van der Waals surface area (Å²) in [5, 5.41) is 11.8. The third-order valence-electron chi connectivity index (χ3n) is 5.09. The standard InChI is InChI=1S/C21H22F3N3S2/c1-2-10-27-19(17-13-28-18-9-4-3-8-16(17)18)25-26-20(27)29-12-14-6-5-7-15(11-14)21(22,23)24/h5-7,11,13H,2-4,8-10,12H2,1H3. The molecule has 0 unspecified atom stereocenters. The van der Waals surface area contributed by atoms with Gasteiger partial charge in [-0.2, -0.15) is 13.2 Å². The van der Waals surface area contributed by atoms with E-state index >= 15 is 0 Å². The molecule has 0 fully saturated rings. The Kier molecular flexibility index (Phi) is 6.01. The van der Waals surface area contributed by atoms with Crippen LogP contribution in [0, 0.1) is 0 Å². The van der Waals surface area contributed by atoms with E-state index in [9.17, 15) is 13.2 Å². The van der Waals surface area contributed by atoms with E-state index in [2.05, 4.69) is 27.1 Å². The summed E-state index contributed by atoms with van der Waals surface area (Å²) in [6.45, 7) is 2.89. The van der Waals surface area contributed by atoms with Gasteiger partial charge in [0, 0.05) is 28.1 Å². The van der Waals surface area contributed by atoms with Crippen molar-refractivity contribution in [2.24, 2.45) is 0 Å². The van der Waals surface area contributed by atoms with Crippen LogP contribution in [0.1, 0.15) is 47.8 Å². The molecule has 0 saturated carbocycles. The number of hydrogen-bond acceptors (Lipinski definition) is 4. The van der Waals surface area contributed by atoms with E-state index in [-0.39, 0.29) is 0 Å². The summed E-state index contributed by atoms with van der Waals surface area (Å²) in [6, 6.07) is 5.49. The normalized spacial score (nSPS) is 14.2. The van der Waals surface area contributed by atoms with Gasteiger partial charge in [-0.3, -0.25) is 0 Å². The number of aromatic nitrogens is 3. The molecule has 0 amide bonds. The zero-order valence-electron chi connectivity index (χ0n) is 16.1. The first kappa shape index (κ1) is 20.5. The number of benzene rings is 1. The first-order chi connectivity index (χ1) is 14.0. The van der Waals surface area contributed by atoms with Crippen molar-refractivity contribution in [1.82, 2.24) is 14.8 Å². The largest absolute Gasteiger partial charge is 0.416 e. The Hall–Kier alpha value is -1.80. The van der Waals surface area contributed by atoms with Crippen LogP contribution in [-0.4, -0.2) is 14.8 Å². The molecule has 0 atom stereocenters. The van der Waals surface area contributed by atoms with Crippen LogP contribution < -0.4 is 0 Å². The number of nitrogens with zero attached hydrogens (tertiary/aromatic N) is 3. The summed E-state index contributed by atoms with van der Waals surface area (Å²) in [4.78, 5) is 1.45. The van der Waals surface area contributed by atoms with Crippen LogP contribution in [0.15, 0.2) is 34.8 Å². The number of thiophene rings is 1. The van der Waals surface area contributed by atoms with Crippen molar-refractivity contribution in [3.8, 4) is 11.4 Å². The molecule has 0 N–H and O–H groups in total. The van der Waals surface area contributed by atoms with E-state index in [1.165, 1.54) is 52.7 Å². The van der Waals surface area contributed by atoms with Crippen LogP contribution in [0.25, 0.3) is 11.4 Å². The summed E-state index contributed by atoms with van der Waals surface area (Å²) in [7, 11) is 0. The Morgan fingerprint density at radius 1 is 1.17 bits per heavy atom. The highest BCUT2D eigenvalue weighted by Gasteiger charge is 2.30. The molecule has 3 nitrogen and oxygen atoms in total. The molecule has 3 aromatic rings. The van der Waals surface area contributed by atoms with Crippen molar-refractivity contribution in [3.05, 3.63) is 51.2 Å². The van der Waals surface area contributed by atoms with Gasteiger partial charge in [-0.05, 0) is 49.3 Å². The highest BCUT2D eigenvalue weighted by Crippen LogP contribution is 2.37. The fraction of sp³-hybridized carbons (Fsp3) is 0.429. The minimum atomic E-state index is -4.33. The van der Waals surface area contributed by atoms with Crippen LogP contribution in [-0.2, 0) is 31.3 Å². The molecule has 0 spiro atoms. The molecular weight excluding hydrogens is 415 g/mol. The molecule has 0 aliphatic heterocycles. The van der Waals surface area contributed by atoms with Crippen LogP contribution in [0.2, 0.25) is 0 Å². The number of rotatable bonds is 6. The lowest BCUT2D eigenvalue weighted by Gasteiger charge is -2.14. The van der Waals surface area contributed by atoms with Crippen molar-refractivity contribution in [1.29, 1.82) is 0 Å². The van der Waals surface area contributed by atoms with Gasteiger partial charge in [-0.25, -0.2) is 0 Å². The van der Waals surface area contributed by atoms with Gasteiger partial charge in [-0.15, -0.1) is 21.5 Å². The zero-order chi connectivity index (χ0) is 20.4. The second kappa shape index (κ2) is 8.52. The van der Waals surface area contributed by atoms with Gasteiger partial charge in [0.1, 0.15) is 0 Å². The smallest absolute Gasteiger partial charge is 0.302 e. The zero-order valence-corrected chi connectivity index (χ0v) is 17.8. The molecule has 29 heavy (non-hydrogen) atoms. The lowest BCUT2D eigenvalue weighted by atomic mass is 9.95. The number of fused-ring (bicyclic) bond motifs is 1. The van der Waals surface area contributed by atoms with E-state index in [0.29, 0.717) is 11.3 Å². The van der Waals surface area contributed by atoms with Crippen molar-refractivity contribution in [2.75, 3.05) is 0 Å².